The van der Waals surface area contributed by atoms with Crippen molar-refractivity contribution in [3.05, 3.63) is 0 Å². The lowest BCUT2D eigenvalue weighted by Crippen LogP contribution is -2.47. The molecule has 94 valence electrons. The van der Waals surface area contributed by atoms with E-state index in [0.717, 1.165) is 32.3 Å². The third-order valence-corrected chi connectivity index (χ3v) is 3.36. The van der Waals surface area contributed by atoms with Crippen LogP contribution in [0.1, 0.15) is 25.7 Å². The molecule has 1 fully saturated rings. The Morgan fingerprint density at radius 3 is 2.44 bits per heavy atom. The van der Waals surface area contributed by atoms with E-state index < -0.39 is 6.09 Å². The van der Waals surface area contributed by atoms with Gasteiger partial charge in [0.15, 0.2) is 0 Å². The molecule has 1 amide bonds. The predicted octanol–water partition coefficient (Wildman–Crippen LogP) is 1.57. The van der Waals surface area contributed by atoms with Crippen LogP contribution < -0.4 is 0 Å². The number of hydrogen-bond acceptors (Lipinski definition) is 3. The number of nitrogens with zero attached hydrogens (tertiary/aromatic N) is 1. The second-order valence-corrected chi connectivity index (χ2v) is 4.25. The van der Waals surface area contributed by atoms with Crippen LogP contribution in [-0.2, 0) is 9.47 Å². The summed E-state index contributed by atoms with van der Waals surface area (Å²) < 4.78 is 10.6. The van der Waals surface area contributed by atoms with Crippen molar-refractivity contribution in [2.45, 2.75) is 31.3 Å². The average molecular weight is 231 g/mol. The Morgan fingerprint density at radius 2 is 2.00 bits per heavy atom. The zero-order chi connectivity index (χ0) is 12.0. The maximum atomic E-state index is 10.8. The second-order valence-electron chi connectivity index (χ2n) is 4.25. The highest BCUT2D eigenvalue weighted by Crippen LogP contribution is 2.30. The quantitative estimate of drug-likeness (QED) is 0.730. The molecule has 1 rings (SSSR count). The van der Waals surface area contributed by atoms with Crippen LogP contribution >= 0.6 is 0 Å². The van der Waals surface area contributed by atoms with Gasteiger partial charge in [0.1, 0.15) is 0 Å². The van der Waals surface area contributed by atoms with Gasteiger partial charge in [-0.25, -0.2) is 4.79 Å². The molecule has 0 bridgehead atoms. The summed E-state index contributed by atoms with van der Waals surface area (Å²) in [5.41, 5.74) is -0.148. The number of amides is 1. The fourth-order valence-corrected chi connectivity index (χ4v) is 2.20. The molecular weight excluding hydrogens is 210 g/mol. The van der Waals surface area contributed by atoms with Gasteiger partial charge in [0.25, 0.3) is 0 Å². The van der Waals surface area contributed by atoms with Crippen molar-refractivity contribution in [1.29, 1.82) is 0 Å². The Labute approximate surface area is 96.3 Å². The van der Waals surface area contributed by atoms with Gasteiger partial charge in [-0.05, 0) is 25.7 Å². The van der Waals surface area contributed by atoms with Gasteiger partial charge < -0.3 is 19.5 Å². The molecule has 0 atom stereocenters. The Morgan fingerprint density at radius 1 is 1.38 bits per heavy atom. The number of carboxylic acid groups (broad SMARTS) is 1. The molecule has 0 aliphatic carbocycles. The molecule has 5 heteroatoms. The minimum absolute atomic E-state index is 0.148. The van der Waals surface area contributed by atoms with E-state index in [4.69, 9.17) is 14.6 Å². The van der Waals surface area contributed by atoms with Crippen molar-refractivity contribution in [1.82, 2.24) is 4.90 Å². The largest absolute Gasteiger partial charge is 0.465 e. The van der Waals surface area contributed by atoms with Crippen molar-refractivity contribution in [3.8, 4) is 0 Å². The maximum absolute atomic E-state index is 10.8. The zero-order valence-corrected chi connectivity index (χ0v) is 10.1. The van der Waals surface area contributed by atoms with Gasteiger partial charge in [-0.2, -0.15) is 0 Å². The fraction of sp³-hybridized carbons (Fsp3) is 0.909. The maximum Gasteiger partial charge on any atom is 0.407 e. The predicted molar refractivity (Wildman–Crippen MR) is 59.7 cm³/mol. The van der Waals surface area contributed by atoms with Crippen LogP contribution in [0, 0.1) is 0 Å². The van der Waals surface area contributed by atoms with E-state index in [0.29, 0.717) is 13.1 Å². The first-order chi connectivity index (χ1) is 7.63. The van der Waals surface area contributed by atoms with Gasteiger partial charge in [-0.15, -0.1) is 0 Å². The van der Waals surface area contributed by atoms with E-state index in [1.807, 2.05) is 0 Å². The minimum atomic E-state index is -0.832. The first-order valence-corrected chi connectivity index (χ1v) is 5.65. The van der Waals surface area contributed by atoms with Gasteiger partial charge in [0.05, 0.1) is 5.60 Å². The summed E-state index contributed by atoms with van der Waals surface area (Å²) >= 11 is 0. The van der Waals surface area contributed by atoms with E-state index >= 15 is 0 Å². The molecule has 0 aromatic rings. The first-order valence-electron chi connectivity index (χ1n) is 5.65. The van der Waals surface area contributed by atoms with Crippen LogP contribution in [-0.4, -0.2) is 55.6 Å². The highest BCUT2D eigenvalue weighted by molar-refractivity contribution is 5.65. The molecule has 0 spiro atoms. The summed E-state index contributed by atoms with van der Waals surface area (Å²) in [4.78, 5) is 12.2. The van der Waals surface area contributed by atoms with Crippen LogP contribution in [0.2, 0.25) is 0 Å². The lowest BCUT2D eigenvalue weighted by atomic mass is 9.87. The van der Waals surface area contributed by atoms with E-state index in [-0.39, 0.29) is 5.60 Å². The fourth-order valence-electron chi connectivity index (χ4n) is 2.20. The van der Waals surface area contributed by atoms with Crippen molar-refractivity contribution >= 4 is 6.09 Å². The smallest absolute Gasteiger partial charge is 0.407 e. The van der Waals surface area contributed by atoms with Gasteiger partial charge in [0, 0.05) is 33.9 Å². The molecular formula is C11H21NO4. The number of methoxy groups -OCH3 is 2. The molecule has 0 unspecified atom stereocenters. The standard InChI is InChI=1S/C11H21NO4/c1-15-9-3-4-11(16-2)5-7-12(8-6-11)10(13)14/h3-9H2,1-2H3,(H,13,14). The van der Waals surface area contributed by atoms with Crippen molar-refractivity contribution in [2.24, 2.45) is 0 Å². The number of likely N-dealkylation sites (tertiary alicyclic amines) is 1. The molecule has 1 aliphatic rings. The van der Waals surface area contributed by atoms with Crippen LogP contribution in [0.5, 0.6) is 0 Å². The summed E-state index contributed by atoms with van der Waals surface area (Å²) in [6.45, 7) is 1.86. The average Bonchev–Trinajstić information content (AvgIpc) is 2.30. The molecule has 5 nitrogen and oxygen atoms in total. The summed E-state index contributed by atoms with van der Waals surface area (Å²) in [5, 5.41) is 8.86. The summed E-state index contributed by atoms with van der Waals surface area (Å²) in [6, 6.07) is 0. The Balaban J connectivity index is 2.41. The topological polar surface area (TPSA) is 59.0 Å². The molecule has 0 aromatic heterocycles. The van der Waals surface area contributed by atoms with Crippen LogP contribution in [0.25, 0.3) is 0 Å². The van der Waals surface area contributed by atoms with Gasteiger partial charge in [-0.3, -0.25) is 0 Å². The Bertz CT molecular complexity index is 224. The van der Waals surface area contributed by atoms with E-state index in [2.05, 4.69) is 0 Å². The second kappa shape index (κ2) is 6.06. The number of carbonyl (C=O) groups is 1. The number of rotatable bonds is 5. The highest BCUT2D eigenvalue weighted by Gasteiger charge is 2.35. The summed E-state index contributed by atoms with van der Waals surface area (Å²) in [5.74, 6) is 0. The lowest BCUT2D eigenvalue weighted by molar-refractivity contribution is -0.0623. The molecule has 1 heterocycles. The SMILES string of the molecule is COCCCC1(OC)CCN(C(=O)O)CC1. The molecule has 1 N–H and O–H groups in total. The van der Waals surface area contributed by atoms with Crippen molar-refractivity contribution in [2.75, 3.05) is 33.9 Å². The molecule has 16 heavy (non-hydrogen) atoms. The van der Waals surface area contributed by atoms with Crippen LogP contribution in [0.4, 0.5) is 4.79 Å². The highest BCUT2D eigenvalue weighted by atomic mass is 16.5. The molecule has 1 saturated heterocycles. The normalized spacial score (nSPS) is 19.8. The molecule has 0 saturated carbocycles. The van der Waals surface area contributed by atoms with Crippen LogP contribution in [0.3, 0.4) is 0 Å². The van der Waals surface area contributed by atoms with Gasteiger partial charge in [-0.1, -0.05) is 0 Å². The van der Waals surface area contributed by atoms with Crippen LogP contribution in [0.15, 0.2) is 0 Å². The van der Waals surface area contributed by atoms with E-state index in [9.17, 15) is 4.79 Å². The summed E-state index contributed by atoms with van der Waals surface area (Å²) in [6.07, 6.45) is 2.61. The minimum Gasteiger partial charge on any atom is -0.465 e. The van der Waals surface area contributed by atoms with Crippen molar-refractivity contribution in [3.63, 3.8) is 0 Å². The van der Waals surface area contributed by atoms with Gasteiger partial charge in [0.2, 0.25) is 0 Å². The monoisotopic (exact) mass is 231 g/mol. The third kappa shape index (κ3) is 3.35. The molecule has 0 radical (unpaired) electrons. The Hall–Kier alpha value is -0.810. The zero-order valence-electron chi connectivity index (χ0n) is 10.1. The summed E-state index contributed by atoms with van der Waals surface area (Å²) in [7, 11) is 3.40. The molecule has 1 aliphatic heterocycles. The third-order valence-electron chi connectivity index (χ3n) is 3.36. The van der Waals surface area contributed by atoms with E-state index in [1.54, 1.807) is 14.2 Å². The van der Waals surface area contributed by atoms with Gasteiger partial charge >= 0.3 is 6.09 Å². The number of ether oxygens (including phenoxy) is 2. The lowest BCUT2D eigenvalue weighted by Gasteiger charge is -2.40. The Kier molecular flexibility index (Phi) is 5.02. The molecule has 0 aromatic carbocycles. The van der Waals surface area contributed by atoms with Crippen molar-refractivity contribution < 1.29 is 19.4 Å². The number of piperidine rings is 1. The first kappa shape index (κ1) is 13.3. The van der Waals surface area contributed by atoms with E-state index in [1.165, 1.54) is 4.90 Å². The number of hydrogen-bond donors (Lipinski definition) is 1.